The Morgan fingerprint density at radius 3 is 2.33 bits per heavy atom. The molecule has 0 aromatic carbocycles. The lowest BCUT2D eigenvalue weighted by Gasteiger charge is -2.14. The van der Waals surface area contributed by atoms with Crippen molar-refractivity contribution in [3.63, 3.8) is 0 Å². The Kier molecular flexibility index (Phi) is 3.58. The van der Waals surface area contributed by atoms with E-state index in [1.165, 1.54) is 4.98 Å². The SMILES string of the molecule is O=C(O)c1[nH]c(=O)cc(C(F)F)c1OC(F)(F)F. The second-order valence-electron chi connectivity index (χ2n) is 2.95. The van der Waals surface area contributed by atoms with E-state index in [4.69, 9.17) is 5.11 Å². The minimum atomic E-state index is -5.37. The monoisotopic (exact) mass is 273 g/mol. The number of pyridine rings is 1. The van der Waals surface area contributed by atoms with Crippen molar-refractivity contribution in [2.24, 2.45) is 0 Å². The third-order valence-corrected chi connectivity index (χ3v) is 1.69. The number of aromatic nitrogens is 1. The zero-order valence-electron chi connectivity index (χ0n) is 8.22. The molecule has 1 rings (SSSR count). The fourth-order valence-corrected chi connectivity index (χ4v) is 1.11. The van der Waals surface area contributed by atoms with Gasteiger partial charge in [-0.15, -0.1) is 13.2 Å². The van der Waals surface area contributed by atoms with Gasteiger partial charge in [0.25, 0.3) is 6.43 Å². The summed E-state index contributed by atoms with van der Waals surface area (Å²) in [5.74, 6) is -3.67. The van der Waals surface area contributed by atoms with Gasteiger partial charge in [0.15, 0.2) is 11.4 Å². The van der Waals surface area contributed by atoms with E-state index in [9.17, 15) is 31.5 Å². The summed E-state index contributed by atoms with van der Waals surface area (Å²) >= 11 is 0. The van der Waals surface area contributed by atoms with Crippen LogP contribution in [0.3, 0.4) is 0 Å². The topological polar surface area (TPSA) is 79.4 Å². The predicted octanol–water partition coefficient (Wildman–Crippen LogP) is 1.91. The number of halogens is 5. The number of hydrogen-bond donors (Lipinski definition) is 2. The Hall–Kier alpha value is -2.13. The third-order valence-electron chi connectivity index (χ3n) is 1.69. The number of nitrogens with one attached hydrogen (secondary N) is 1. The highest BCUT2D eigenvalue weighted by Crippen LogP contribution is 2.33. The number of alkyl halides is 5. The highest BCUT2D eigenvalue weighted by atomic mass is 19.4. The zero-order chi connectivity index (χ0) is 14.1. The summed E-state index contributed by atoms with van der Waals surface area (Å²) in [6, 6.07) is 0.137. The first-order chi connectivity index (χ1) is 8.11. The lowest BCUT2D eigenvalue weighted by atomic mass is 10.2. The molecule has 5 nitrogen and oxygen atoms in total. The van der Waals surface area contributed by atoms with E-state index in [1.54, 1.807) is 0 Å². The van der Waals surface area contributed by atoms with Crippen LogP contribution in [0.5, 0.6) is 5.75 Å². The van der Waals surface area contributed by atoms with Crippen LogP contribution in [0.15, 0.2) is 10.9 Å². The molecule has 18 heavy (non-hydrogen) atoms. The summed E-state index contributed by atoms with van der Waals surface area (Å²) < 4.78 is 64.0. The van der Waals surface area contributed by atoms with Gasteiger partial charge in [0.1, 0.15) is 0 Å². The summed E-state index contributed by atoms with van der Waals surface area (Å²) in [5, 5.41) is 8.53. The number of H-pyrrole nitrogens is 1. The molecule has 0 saturated heterocycles. The van der Waals surface area contributed by atoms with Gasteiger partial charge >= 0.3 is 12.3 Å². The molecule has 0 radical (unpaired) electrons. The van der Waals surface area contributed by atoms with Crippen LogP contribution in [-0.4, -0.2) is 22.4 Å². The number of aromatic carboxylic acids is 1. The standard InChI is InChI=1S/C8H4F5NO4/c9-6(10)2-1-3(15)14-4(7(16)17)5(2)18-8(11,12)13/h1,6H,(H,14,15)(H,16,17). The summed E-state index contributed by atoms with van der Waals surface area (Å²) in [6.07, 6.45) is -8.87. The smallest absolute Gasteiger partial charge is 0.476 e. The Morgan fingerprint density at radius 2 is 1.94 bits per heavy atom. The molecular formula is C8H4F5NO4. The second-order valence-corrected chi connectivity index (χ2v) is 2.95. The molecule has 1 aromatic heterocycles. The molecule has 2 N–H and O–H groups in total. The normalized spacial score (nSPS) is 11.7. The zero-order valence-corrected chi connectivity index (χ0v) is 8.22. The van der Waals surface area contributed by atoms with Crippen molar-refractivity contribution in [3.8, 4) is 5.75 Å². The summed E-state index contributed by atoms with van der Waals surface area (Å²) in [5.41, 5.74) is -4.12. The number of ether oxygens (including phenoxy) is 1. The fourth-order valence-electron chi connectivity index (χ4n) is 1.11. The molecule has 1 heterocycles. The van der Waals surface area contributed by atoms with E-state index in [-0.39, 0.29) is 6.07 Å². The van der Waals surface area contributed by atoms with Gasteiger partial charge in [0, 0.05) is 6.07 Å². The molecule has 10 heteroatoms. The van der Waals surface area contributed by atoms with E-state index >= 15 is 0 Å². The molecule has 0 amide bonds. The Bertz CT molecular complexity index is 521. The number of carboxylic acid groups (broad SMARTS) is 1. The maximum Gasteiger partial charge on any atom is 0.573 e. The molecule has 100 valence electrons. The number of hydrogen-bond acceptors (Lipinski definition) is 3. The van der Waals surface area contributed by atoms with E-state index in [1.807, 2.05) is 0 Å². The molecule has 0 saturated carbocycles. The molecular weight excluding hydrogens is 269 g/mol. The highest BCUT2D eigenvalue weighted by molar-refractivity contribution is 5.89. The first-order valence-electron chi connectivity index (χ1n) is 4.16. The number of carbonyl (C=O) groups is 1. The summed E-state index contributed by atoms with van der Waals surface area (Å²) in [7, 11) is 0. The van der Waals surface area contributed by atoms with Gasteiger partial charge in [-0.3, -0.25) is 4.79 Å². The molecule has 1 aromatic rings. The number of aromatic amines is 1. The minimum absolute atomic E-state index is 0.137. The molecule has 0 atom stereocenters. The van der Waals surface area contributed by atoms with Crippen molar-refractivity contribution in [3.05, 3.63) is 27.7 Å². The molecule has 0 aliphatic rings. The Labute approximate surface area is 94.8 Å². The van der Waals surface area contributed by atoms with Crippen molar-refractivity contribution in [2.75, 3.05) is 0 Å². The summed E-state index contributed by atoms with van der Waals surface area (Å²) in [4.78, 5) is 22.9. The Morgan fingerprint density at radius 1 is 1.39 bits per heavy atom. The van der Waals surface area contributed by atoms with Crippen molar-refractivity contribution < 1.29 is 36.6 Å². The molecule has 0 spiro atoms. The lowest BCUT2D eigenvalue weighted by molar-refractivity contribution is -0.275. The van der Waals surface area contributed by atoms with E-state index in [0.29, 0.717) is 0 Å². The van der Waals surface area contributed by atoms with Gasteiger partial charge in [-0.1, -0.05) is 0 Å². The predicted molar refractivity (Wildman–Crippen MR) is 45.7 cm³/mol. The number of rotatable bonds is 3. The molecule has 0 aliphatic carbocycles. The second kappa shape index (κ2) is 4.63. The van der Waals surface area contributed by atoms with Crippen molar-refractivity contribution in [1.29, 1.82) is 0 Å². The highest BCUT2D eigenvalue weighted by Gasteiger charge is 2.36. The molecule has 0 bridgehead atoms. The first kappa shape index (κ1) is 13.9. The fraction of sp³-hybridized carbons (Fsp3) is 0.250. The molecule has 0 unspecified atom stereocenters. The lowest BCUT2D eigenvalue weighted by Crippen LogP contribution is -2.23. The number of carboxylic acids is 1. The van der Waals surface area contributed by atoms with E-state index in [2.05, 4.69) is 4.74 Å². The van der Waals surface area contributed by atoms with Crippen molar-refractivity contribution >= 4 is 5.97 Å². The van der Waals surface area contributed by atoms with Crippen LogP contribution in [0.25, 0.3) is 0 Å². The van der Waals surface area contributed by atoms with Crippen molar-refractivity contribution in [2.45, 2.75) is 12.8 Å². The van der Waals surface area contributed by atoms with Crippen LogP contribution in [-0.2, 0) is 0 Å². The quantitative estimate of drug-likeness (QED) is 0.824. The first-order valence-corrected chi connectivity index (χ1v) is 4.16. The average Bonchev–Trinajstić information content (AvgIpc) is 2.17. The average molecular weight is 273 g/mol. The maximum absolute atomic E-state index is 12.4. The van der Waals surface area contributed by atoms with E-state index in [0.717, 1.165) is 0 Å². The van der Waals surface area contributed by atoms with Gasteiger partial charge in [-0.2, -0.15) is 0 Å². The van der Waals surface area contributed by atoms with Crippen LogP contribution < -0.4 is 10.3 Å². The van der Waals surface area contributed by atoms with Gasteiger partial charge in [-0.05, 0) is 0 Å². The van der Waals surface area contributed by atoms with Gasteiger partial charge in [0.2, 0.25) is 5.56 Å². The van der Waals surface area contributed by atoms with Gasteiger partial charge < -0.3 is 14.8 Å². The molecule has 0 aliphatic heterocycles. The largest absolute Gasteiger partial charge is 0.573 e. The van der Waals surface area contributed by atoms with Gasteiger partial charge in [0.05, 0.1) is 5.56 Å². The van der Waals surface area contributed by atoms with Crippen molar-refractivity contribution in [1.82, 2.24) is 4.98 Å². The minimum Gasteiger partial charge on any atom is -0.476 e. The Balaban J connectivity index is 3.51. The van der Waals surface area contributed by atoms with Crippen LogP contribution in [0, 0.1) is 0 Å². The van der Waals surface area contributed by atoms with Crippen LogP contribution in [0.1, 0.15) is 22.5 Å². The maximum atomic E-state index is 12.4. The van der Waals surface area contributed by atoms with Gasteiger partial charge in [-0.25, -0.2) is 13.6 Å². The summed E-state index contributed by atoms with van der Waals surface area (Å²) in [6.45, 7) is 0. The third kappa shape index (κ3) is 3.18. The molecule has 0 fully saturated rings. The van der Waals surface area contributed by atoms with Crippen LogP contribution in [0.2, 0.25) is 0 Å². The van der Waals surface area contributed by atoms with Crippen LogP contribution >= 0.6 is 0 Å². The van der Waals surface area contributed by atoms with E-state index < -0.39 is 41.3 Å². The van der Waals surface area contributed by atoms with Crippen LogP contribution in [0.4, 0.5) is 22.0 Å².